The molecular weight excluding hydrogens is 260 g/mol. The highest BCUT2D eigenvalue weighted by atomic mass is 16.2. The second-order valence-electron chi connectivity index (χ2n) is 5.16. The summed E-state index contributed by atoms with van der Waals surface area (Å²) >= 11 is 0. The highest BCUT2D eigenvalue weighted by Gasteiger charge is 2.38. The number of carbonyl (C=O) groups is 3. The fraction of sp³-hybridized carbons (Fsp3) is 0.462. The van der Waals surface area contributed by atoms with Crippen LogP contribution in [0.3, 0.4) is 0 Å². The van der Waals surface area contributed by atoms with E-state index in [0.717, 1.165) is 0 Å². The van der Waals surface area contributed by atoms with Gasteiger partial charge in [-0.15, -0.1) is 0 Å². The summed E-state index contributed by atoms with van der Waals surface area (Å²) in [5, 5.41) is 2.87. The van der Waals surface area contributed by atoms with Gasteiger partial charge in [-0.2, -0.15) is 0 Å². The minimum atomic E-state index is -0.778. The molecule has 108 valence electrons. The molecule has 1 atom stereocenters. The smallest absolute Gasteiger partial charge is 0.266 e. The van der Waals surface area contributed by atoms with Crippen LogP contribution in [0.15, 0.2) is 23.2 Å². The van der Waals surface area contributed by atoms with Crippen molar-refractivity contribution >= 4 is 17.7 Å². The van der Waals surface area contributed by atoms with Crippen LogP contribution in [-0.4, -0.2) is 47.7 Å². The molecule has 20 heavy (non-hydrogen) atoms. The highest BCUT2D eigenvalue weighted by Crippen LogP contribution is 2.30. The maximum atomic E-state index is 12.3. The average Bonchev–Trinajstić information content (AvgIpc) is 2.37. The molecule has 1 unspecified atom stereocenters. The Bertz CT molecular complexity index is 548. The van der Waals surface area contributed by atoms with Crippen molar-refractivity contribution in [2.24, 2.45) is 5.73 Å². The quantitative estimate of drug-likeness (QED) is 0.651. The number of nitrogens with two attached hydrogens (primary N) is 1. The lowest BCUT2D eigenvalue weighted by Crippen LogP contribution is -2.51. The monoisotopic (exact) mass is 278 g/mol. The first-order chi connectivity index (χ1) is 9.34. The van der Waals surface area contributed by atoms with E-state index in [1.807, 2.05) is 6.92 Å². The largest absolute Gasteiger partial charge is 0.365 e. The fourth-order valence-electron chi connectivity index (χ4n) is 2.41. The molecule has 0 aromatic carbocycles. The number of nitrogens with zero attached hydrogens (tertiary/aromatic N) is 2. The van der Waals surface area contributed by atoms with Gasteiger partial charge in [-0.1, -0.05) is 0 Å². The van der Waals surface area contributed by atoms with Crippen molar-refractivity contribution in [2.45, 2.75) is 25.8 Å². The van der Waals surface area contributed by atoms with Crippen LogP contribution < -0.4 is 11.1 Å². The number of amides is 3. The molecule has 2 rings (SSSR count). The highest BCUT2D eigenvalue weighted by molar-refractivity contribution is 6.19. The SMILES string of the molecule is CC1CCC(C(=O)N(C)C)=C2NC=C(C(N)=O)C(=O)N21. The first-order valence-electron chi connectivity index (χ1n) is 6.39. The van der Waals surface area contributed by atoms with Gasteiger partial charge in [0.2, 0.25) is 0 Å². The molecule has 0 radical (unpaired) electrons. The van der Waals surface area contributed by atoms with E-state index in [-0.39, 0.29) is 17.5 Å². The molecule has 7 heteroatoms. The van der Waals surface area contributed by atoms with Crippen molar-refractivity contribution < 1.29 is 14.4 Å². The lowest BCUT2D eigenvalue weighted by atomic mass is 9.96. The molecule has 0 aromatic heterocycles. The van der Waals surface area contributed by atoms with Gasteiger partial charge in [-0.05, 0) is 19.8 Å². The standard InChI is InChI=1S/C13H18N4O3/c1-7-4-5-8(12(19)16(2)3)11-15-6-9(10(14)18)13(20)17(7)11/h6-7,15H,4-5H2,1-3H3,(H2,14,18). The molecule has 0 fully saturated rings. The molecule has 3 amide bonds. The third kappa shape index (κ3) is 2.15. The maximum Gasteiger partial charge on any atom is 0.266 e. The number of hydrogen-bond acceptors (Lipinski definition) is 4. The maximum absolute atomic E-state index is 12.3. The van der Waals surface area contributed by atoms with Crippen molar-refractivity contribution in [3.63, 3.8) is 0 Å². The molecule has 2 aliphatic rings. The summed E-state index contributed by atoms with van der Waals surface area (Å²) < 4.78 is 0. The number of fused-ring (bicyclic) bond motifs is 1. The van der Waals surface area contributed by atoms with E-state index in [4.69, 9.17) is 5.73 Å². The topological polar surface area (TPSA) is 95.7 Å². The van der Waals surface area contributed by atoms with Crippen molar-refractivity contribution in [1.82, 2.24) is 15.1 Å². The Kier molecular flexibility index (Phi) is 3.52. The summed E-state index contributed by atoms with van der Waals surface area (Å²) in [7, 11) is 3.32. The number of likely N-dealkylation sites (N-methyl/N-ethyl adjacent to an activating group) is 1. The van der Waals surface area contributed by atoms with E-state index in [1.165, 1.54) is 16.0 Å². The Balaban J connectivity index is 2.49. The zero-order valence-electron chi connectivity index (χ0n) is 11.8. The Labute approximate surface area is 117 Å². The Hall–Kier alpha value is -2.31. The number of rotatable bonds is 2. The van der Waals surface area contributed by atoms with Crippen LogP contribution in [0.2, 0.25) is 0 Å². The van der Waals surface area contributed by atoms with Crippen molar-refractivity contribution in [1.29, 1.82) is 0 Å². The van der Waals surface area contributed by atoms with Gasteiger partial charge in [-0.25, -0.2) is 0 Å². The summed E-state index contributed by atoms with van der Waals surface area (Å²) in [6.45, 7) is 1.88. The molecule has 0 spiro atoms. The lowest BCUT2D eigenvalue weighted by Gasteiger charge is -2.39. The van der Waals surface area contributed by atoms with E-state index >= 15 is 0 Å². The van der Waals surface area contributed by atoms with E-state index in [9.17, 15) is 14.4 Å². The summed E-state index contributed by atoms with van der Waals surface area (Å²) in [5.74, 6) is -0.923. The molecule has 0 saturated carbocycles. The molecule has 0 bridgehead atoms. The van der Waals surface area contributed by atoms with Crippen molar-refractivity contribution in [3.8, 4) is 0 Å². The summed E-state index contributed by atoms with van der Waals surface area (Å²) in [6.07, 6.45) is 2.53. The summed E-state index contributed by atoms with van der Waals surface area (Å²) in [5.41, 5.74) is 5.63. The number of nitrogens with one attached hydrogen (secondary N) is 1. The van der Waals surface area contributed by atoms with Crippen LogP contribution in [0, 0.1) is 0 Å². The van der Waals surface area contributed by atoms with Gasteiger partial charge in [0.1, 0.15) is 11.4 Å². The third-order valence-electron chi connectivity index (χ3n) is 3.51. The Morgan fingerprint density at radius 1 is 1.45 bits per heavy atom. The van der Waals surface area contributed by atoms with Crippen LogP contribution in [0.1, 0.15) is 19.8 Å². The van der Waals surface area contributed by atoms with Gasteiger partial charge in [0.05, 0.1) is 5.57 Å². The van der Waals surface area contributed by atoms with Gasteiger partial charge in [0, 0.05) is 26.3 Å². The van der Waals surface area contributed by atoms with Gasteiger partial charge in [-0.3, -0.25) is 19.3 Å². The molecule has 3 N–H and O–H groups in total. The third-order valence-corrected chi connectivity index (χ3v) is 3.51. The van der Waals surface area contributed by atoms with Gasteiger partial charge >= 0.3 is 0 Å². The zero-order valence-corrected chi connectivity index (χ0v) is 11.8. The summed E-state index contributed by atoms with van der Waals surface area (Å²) in [6, 6.07) is -0.0910. The molecule has 2 aliphatic heterocycles. The van der Waals surface area contributed by atoms with E-state index in [2.05, 4.69) is 5.32 Å². The van der Waals surface area contributed by atoms with Crippen LogP contribution >= 0.6 is 0 Å². The number of primary amides is 1. The van der Waals surface area contributed by atoms with Crippen LogP contribution in [0.25, 0.3) is 0 Å². The number of carbonyl (C=O) groups excluding carboxylic acids is 3. The molecular formula is C13H18N4O3. The van der Waals surface area contributed by atoms with Crippen molar-refractivity contribution in [3.05, 3.63) is 23.2 Å². The lowest BCUT2D eigenvalue weighted by molar-refractivity contribution is -0.131. The fourth-order valence-corrected chi connectivity index (χ4v) is 2.41. The second-order valence-corrected chi connectivity index (χ2v) is 5.16. The predicted molar refractivity (Wildman–Crippen MR) is 71.7 cm³/mol. The van der Waals surface area contributed by atoms with Gasteiger partial charge in [0.25, 0.3) is 17.7 Å². The zero-order chi connectivity index (χ0) is 15.0. The van der Waals surface area contributed by atoms with Crippen LogP contribution in [-0.2, 0) is 14.4 Å². The van der Waals surface area contributed by atoms with Gasteiger partial charge < -0.3 is 16.0 Å². The summed E-state index contributed by atoms with van der Waals surface area (Å²) in [4.78, 5) is 38.6. The van der Waals surface area contributed by atoms with Crippen LogP contribution in [0.4, 0.5) is 0 Å². The van der Waals surface area contributed by atoms with Crippen LogP contribution in [0.5, 0.6) is 0 Å². The molecule has 0 aromatic rings. The molecule has 7 nitrogen and oxygen atoms in total. The molecule has 0 aliphatic carbocycles. The minimum Gasteiger partial charge on any atom is -0.365 e. The van der Waals surface area contributed by atoms with E-state index in [1.54, 1.807) is 14.1 Å². The first kappa shape index (κ1) is 14.1. The Morgan fingerprint density at radius 2 is 2.10 bits per heavy atom. The molecule has 2 heterocycles. The minimum absolute atomic E-state index is 0.0910. The average molecular weight is 278 g/mol. The normalized spacial score (nSPS) is 21.9. The predicted octanol–water partition coefficient (Wildman–Crippen LogP) is -0.730. The second kappa shape index (κ2) is 4.99. The Morgan fingerprint density at radius 3 is 2.65 bits per heavy atom. The first-order valence-corrected chi connectivity index (χ1v) is 6.39. The molecule has 0 saturated heterocycles. The van der Waals surface area contributed by atoms with Gasteiger partial charge in [0.15, 0.2) is 0 Å². The van der Waals surface area contributed by atoms with Crippen molar-refractivity contribution in [2.75, 3.05) is 14.1 Å². The number of hydrogen-bond donors (Lipinski definition) is 2. The van der Waals surface area contributed by atoms with E-state index in [0.29, 0.717) is 24.2 Å². The van der Waals surface area contributed by atoms with E-state index < -0.39 is 11.8 Å².